The minimum Gasteiger partial charge on any atom is -0.477 e. The summed E-state index contributed by atoms with van der Waals surface area (Å²) in [5, 5.41) is 11.3. The van der Waals surface area contributed by atoms with E-state index in [1.54, 1.807) is 10.9 Å². The van der Waals surface area contributed by atoms with Crippen LogP contribution in [0, 0.1) is 11.3 Å². The number of aryl methyl sites for hydroxylation is 1. The molecule has 0 spiro atoms. The van der Waals surface area contributed by atoms with Crippen molar-refractivity contribution in [1.29, 1.82) is 0 Å². The quantitative estimate of drug-likeness (QED) is 0.196. The molecule has 4 heterocycles. The van der Waals surface area contributed by atoms with Gasteiger partial charge in [-0.25, -0.2) is 14.4 Å². The molecule has 2 aliphatic rings. The van der Waals surface area contributed by atoms with Crippen molar-refractivity contribution in [3.05, 3.63) is 47.4 Å². The molecule has 1 atom stereocenters. The lowest BCUT2D eigenvalue weighted by Gasteiger charge is -2.18. The van der Waals surface area contributed by atoms with Gasteiger partial charge in [0, 0.05) is 30.5 Å². The third kappa shape index (κ3) is 7.54. The Labute approximate surface area is 258 Å². The molecule has 1 aliphatic carbocycles. The first-order chi connectivity index (χ1) is 20.7. The monoisotopic (exact) mass is 657 g/mol. The first kappa shape index (κ1) is 32.2. The molecule has 1 saturated carbocycles. The normalized spacial score (nSPS) is 19.2. The van der Waals surface area contributed by atoms with Gasteiger partial charge in [0.1, 0.15) is 5.15 Å². The zero-order valence-corrected chi connectivity index (χ0v) is 26.0. The van der Waals surface area contributed by atoms with E-state index in [0.717, 1.165) is 25.8 Å². The molecule has 2 N–H and O–H groups in total. The van der Waals surface area contributed by atoms with Crippen LogP contribution >= 0.6 is 11.6 Å². The molecule has 0 radical (unpaired) electrons. The Hall–Kier alpha value is -3.17. The molecular formula is C28H35ClF3N7O4S. The van der Waals surface area contributed by atoms with Crippen LogP contribution in [-0.4, -0.2) is 63.7 Å². The molecule has 16 heteroatoms. The Bertz CT molecular complexity index is 1600. The molecular weight excluding hydrogens is 623 g/mol. The van der Waals surface area contributed by atoms with E-state index in [0.29, 0.717) is 12.5 Å². The molecule has 1 amide bonds. The predicted octanol–water partition coefficient (Wildman–Crippen LogP) is 4.91. The molecule has 240 valence electrons. The zero-order valence-electron chi connectivity index (χ0n) is 24.4. The highest BCUT2D eigenvalue weighted by molar-refractivity contribution is 7.90. The average molecular weight is 658 g/mol. The highest BCUT2D eigenvalue weighted by Crippen LogP contribution is 2.60. The molecule has 1 unspecified atom stereocenters. The number of halogens is 4. The molecule has 1 aliphatic heterocycles. The number of hydrogen-bond acceptors (Lipinski definition) is 8. The number of hydrogen-bond donors (Lipinski definition) is 2. The van der Waals surface area contributed by atoms with E-state index in [1.807, 2.05) is 4.72 Å². The van der Waals surface area contributed by atoms with Crippen LogP contribution in [0.15, 0.2) is 41.7 Å². The Morgan fingerprint density at radius 2 is 1.93 bits per heavy atom. The van der Waals surface area contributed by atoms with Crippen LogP contribution in [0.3, 0.4) is 0 Å². The average Bonchev–Trinajstić information content (AvgIpc) is 3.24. The molecule has 1 saturated heterocycles. The lowest BCUT2D eigenvalue weighted by Crippen LogP contribution is -2.31. The third-order valence-electron chi connectivity index (χ3n) is 8.17. The zero-order chi connectivity index (χ0) is 31.8. The van der Waals surface area contributed by atoms with Gasteiger partial charge in [-0.15, -0.1) is 5.10 Å². The summed E-state index contributed by atoms with van der Waals surface area (Å²) >= 11 is 6.22. The highest BCUT2D eigenvalue weighted by Gasteiger charge is 2.62. The standard InChI is InChI=1S/C28H35ClF3N7O4S/c1-26(2)17-19(18-33-26)5-3-13-38-14-9-23(36-38)44(41,42)37-25(40)20-6-7-21(34-24(20)29)39-15-8-22(35-39)43-16-4-10-27(11-12-27)28(30,31)32/h6-9,14-15,19,33H,3-5,10-13,16-18H2,1-2H3,(H,37,40). The number of pyridine rings is 1. The van der Waals surface area contributed by atoms with E-state index in [2.05, 4.69) is 34.3 Å². The summed E-state index contributed by atoms with van der Waals surface area (Å²) in [5.41, 5.74) is -1.61. The number of alkyl halides is 3. The fourth-order valence-electron chi connectivity index (χ4n) is 5.52. The van der Waals surface area contributed by atoms with Gasteiger partial charge < -0.3 is 10.1 Å². The molecule has 5 rings (SSSR count). The number of carbonyl (C=O) groups excluding carboxylic acids is 1. The summed E-state index contributed by atoms with van der Waals surface area (Å²) < 4.78 is 75.2. The van der Waals surface area contributed by atoms with Gasteiger partial charge in [0.2, 0.25) is 5.88 Å². The Morgan fingerprint density at radius 3 is 2.59 bits per heavy atom. The van der Waals surface area contributed by atoms with Gasteiger partial charge in [0.15, 0.2) is 10.8 Å². The maximum absolute atomic E-state index is 13.1. The summed E-state index contributed by atoms with van der Waals surface area (Å²) in [6.07, 6.45) is 2.36. The van der Waals surface area contributed by atoms with Crippen molar-refractivity contribution in [1.82, 2.24) is 34.6 Å². The number of aromatic nitrogens is 5. The first-order valence-electron chi connectivity index (χ1n) is 14.4. The smallest absolute Gasteiger partial charge is 0.394 e. The molecule has 44 heavy (non-hydrogen) atoms. The van der Waals surface area contributed by atoms with Crippen LogP contribution in [0.4, 0.5) is 13.2 Å². The summed E-state index contributed by atoms with van der Waals surface area (Å²) in [4.78, 5) is 16.9. The van der Waals surface area contributed by atoms with Crippen molar-refractivity contribution in [2.75, 3.05) is 13.2 Å². The Kier molecular flexibility index (Phi) is 9.02. The van der Waals surface area contributed by atoms with Crippen molar-refractivity contribution in [3.8, 4) is 11.7 Å². The Morgan fingerprint density at radius 1 is 1.16 bits per heavy atom. The van der Waals surface area contributed by atoms with E-state index in [4.69, 9.17) is 16.3 Å². The lowest BCUT2D eigenvalue weighted by molar-refractivity contribution is -0.189. The van der Waals surface area contributed by atoms with Crippen molar-refractivity contribution >= 4 is 27.5 Å². The van der Waals surface area contributed by atoms with Gasteiger partial charge in [-0.3, -0.25) is 9.48 Å². The molecule has 0 aromatic carbocycles. The van der Waals surface area contributed by atoms with Crippen molar-refractivity contribution in [2.24, 2.45) is 11.3 Å². The van der Waals surface area contributed by atoms with E-state index in [9.17, 15) is 26.4 Å². The van der Waals surface area contributed by atoms with E-state index >= 15 is 0 Å². The van der Waals surface area contributed by atoms with E-state index < -0.39 is 27.5 Å². The van der Waals surface area contributed by atoms with Gasteiger partial charge in [-0.1, -0.05) is 11.6 Å². The Balaban J connectivity index is 1.12. The first-order valence-corrected chi connectivity index (χ1v) is 16.3. The number of sulfonamides is 1. The maximum atomic E-state index is 13.1. The van der Waals surface area contributed by atoms with Gasteiger partial charge in [0.25, 0.3) is 15.9 Å². The maximum Gasteiger partial charge on any atom is 0.394 e. The van der Waals surface area contributed by atoms with Crippen LogP contribution in [0.1, 0.15) is 69.2 Å². The van der Waals surface area contributed by atoms with Crippen LogP contribution in [0.5, 0.6) is 5.88 Å². The number of nitrogens with one attached hydrogen (secondary N) is 2. The van der Waals surface area contributed by atoms with Crippen molar-refractivity contribution in [3.63, 3.8) is 0 Å². The van der Waals surface area contributed by atoms with E-state index in [-0.39, 0.29) is 65.3 Å². The summed E-state index contributed by atoms with van der Waals surface area (Å²) in [6.45, 7) is 5.94. The highest BCUT2D eigenvalue weighted by atomic mass is 35.5. The summed E-state index contributed by atoms with van der Waals surface area (Å²) in [7, 11) is -4.27. The molecule has 3 aromatic rings. The molecule has 2 fully saturated rings. The molecule has 11 nitrogen and oxygen atoms in total. The number of rotatable bonds is 13. The van der Waals surface area contributed by atoms with Crippen LogP contribution in [0.2, 0.25) is 5.15 Å². The van der Waals surface area contributed by atoms with Crippen molar-refractivity contribution in [2.45, 2.75) is 82.1 Å². The van der Waals surface area contributed by atoms with Crippen LogP contribution < -0.4 is 14.8 Å². The topological polar surface area (TPSA) is 133 Å². The largest absolute Gasteiger partial charge is 0.477 e. The van der Waals surface area contributed by atoms with Crippen molar-refractivity contribution < 1.29 is 31.1 Å². The minimum atomic E-state index is -4.27. The van der Waals surface area contributed by atoms with Gasteiger partial charge in [-0.05, 0) is 89.5 Å². The number of nitrogens with zero attached hydrogens (tertiary/aromatic N) is 5. The fourth-order valence-corrected chi connectivity index (χ4v) is 6.67. The summed E-state index contributed by atoms with van der Waals surface area (Å²) in [6, 6.07) is 5.57. The second kappa shape index (κ2) is 12.3. The van der Waals surface area contributed by atoms with Gasteiger partial charge in [0.05, 0.1) is 17.6 Å². The predicted molar refractivity (Wildman–Crippen MR) is 155 cm³/mol. The van der Waals surface area contributed by atoms with Gasteiger partial charge in [-0.2, -0.15) is 26.7 Å². The molecule has 0 bridgehead atoms. The number of ether oxygens (including phenoxy) is 1. The second-order valence-corrected chi connectivity index (χ2v) is 14.2. The van der Waals surface area contributed by atoms with Crippen LogP contribution in [-0.2, 0) is 16.6 Å². The number of carbonyl (C=O) groups is 1. The number of amides is 1. The lowest BCUT2D eigenvalue weighted by atomic mass is 9.94. The van der Waals surface area contributed by atoms with Gasteiger partial charge >= 0.3 is 6.18 Å². The minimum absolute atomic E-state index is 0.00666. The third-order valence-corrected chi connectivity index (χ3v) is 9.68. The fraction of sp³-hybridized carbons (Fsp3) is 0.571. The SMILES string of the molecule is CC1(C)CC(CCCn2ccc(S(=O)(=O)NC(=O)c3ccc(-n4ccc(OCCCC5(C(F)(F)F)CC5)n4)nc3Cl)n2)CN1. The second-order valence-electron chi connectivity index (χ2n) is 12.2. The molecule has 3 aromatic heterocycles. The van der Waals surface area contributed by atoms with E-state index in [1.165, 1.54) is 35.1 Å². The summed E-state index contributed by atoms with van der Waals surface area (Å²) in [5.74, 6) is -0.00626. The van der Waals surface area contributed by atoms with Crippen LogP contribution in [0.25, 0.3) is 5.82 Å².